The van der Waals surface area contributed by atoms with Gasteiger partial charge in [0.25, 0.3) is 0 Å². The minimum atomic E-state index is -0.573. The molecule has 13 heavy (non-hydrogen) atoms. The molecule has 1 saturated carbocycles. The van der Waals surface area contributed by atoms with Crippen LogP contribution in [0.15, 0.2) is 0 Å². The molecule has 1 heterocycles. The summed E-state index contributed by atoms with van der Waals surface area (Å²) in [6.07, 6.45) is 5.38. The van der Waals surface area contributed by atoms with Crippen molar-refractivity contribution in [2.45, 2.75) is 43.7 Å². The van der Waals surface area contributed by atoms with Crippen LogP contribution >= 0.6 is 0 Å². The van der Waals surface area contributed by atoms with Crippen LogP contribution in [0.1, 0.15) is 32.1 Å². The maximum atomic E-state index is 10.3. The molecule has 0 radical (unpaired) electrons. The Labute approximate surface area is 79.7 Å². The summed E-state index contributed by atoms with van der Waals surface area (Å²) in [5.74, 6) is 0.586. The van der Waals surface area contributed by atoms with E-state index in [1.54, 1.807) is 0 Å². The van der Waals surface area contributed by atoms with Crippen LogP contribution < -0.4 is 11.1 Å². The first-order valence-corrected chi connectivity index (χ1v) is 5.41. The van der Waals surface area contributed by atoms with Gasteiger partial charge in [-0.05, 0) is 44.7 Å². The Morgan fingerprint density at radius 1 is 1.31 bits per heavy atom. The quantitative estimate of drug-likeness (QED) is 0.576. The summed E-state index contributed by atoms with van der Waals surface area (Å²) < 4.78 is 0. The molecule has 1 saturated heterocycles. The van der Waals surface area contributed by atoms with Crippen molar-refractivity contribution < 1.29 is 5.11 Å². The van der Waals surface area contributed by atoms with Crippen LogP contribution in [-0.2, 0) is 0 Å². The first-order chi connectivity index (χ1) is 6.22. The Morgan fingerprint density at radius 3 is 2.38 bits per heavy atom. The molecule has 2 rings (SSSR count). The Kier molecular flexibility index (Phi) is 2.58. The third-order valence-corrected chi connectivity index (χ3v) is 3.75. The van der Waals surface area contributed by atoms with Gasteiger partial charge in [0.2, 0.25) is 0 Å². The average molecular weight is 184 g/mol. The molecule has 76 valence electrons. The van der Waals surface area contributed by atoms with Crippen LogP contribution in [-0.4, -0.2) is 29.8 Å². The van der Waals surface area contributed by atoms with Gasteiger partial charge in [-0.2, -0.15) is 0 Å². The van der Waals surface area contributed by atoms with E-state index < -0.39 is 5.60 Å². The molecule has 1 atom stereocenters. The third kappa shape index (κ3) is 1.73. The van der Waals surface area contributed by atoms with Crippen molar-refractivity contribution in [1.29, 1.82) is 0 Å². The van der Waals surface area contributed by atoms with Crippen molar-refractivity contribution >= 4 is 0 Å². The molecule has 0 aromatic rings. The number of aliphatic hydroxyl groups is 1. The molecule has 1 aliphatic heterocycles. The van der Waals surface area contributed by atoms with E-state index in [2.05, 4.69) is 5.32 Å². The molecule has 0 bridgehead atoms. The summed E-state index contributed by atoms with van der Waals surface area (Å²) in [4.78, 5) is 0. The number of rotatable bonds is 2. The summed E-state index contributed by atoms with van der Waals surface area (Å²) in [6.45, 7) is 1.83. The molecule has 0 amide bonds. The topological polar surface area (TPSA) is 58.3 Å². The minimum Gasteiger partial charge on any atom is -0.388 e. The second kappa shape index (κ2) is 3.56. The van der Waals surface area contributed by atoms with Crippen LogP contribution in [0.4, 0.5) is 0 Å². The fraction of sp³-hybridized carbons (Fsp3) is 1.00. The standard InChI is InChI=1S/C10H20N2O/c11-9(8-2-1-3-8)10(13)4-6-12-7-5-10/h8-9,12-13H,1-7,11H2. The lowest BCUT2D eigenvalue weighted by Gasteiger charge is -2.44. The van der Waals surface area contributed by atoms with E-state index in [4.69, 9.17) is 5.73 Å². The Hall–Kier alpha value is -0.120. The highest BCUT2D eigenvalue weighted by molar-refractivity contribution is 4.98. The highest BCUT2D eigenvalue weighted by Gasteiger charge is 2.41. The van der Waals surface area contributed by atoms with E-state index in [1.807, 2.05) is 0 Å². The van der Waals surface area contributed by atoms with Crippen LogP contribution in [0.5, 0.6) is 0 Å². The fourth-order valence-electron chi connectivity index (χ4n) is 2.43. The molecule has 1 aliphatic carbocycles. The number of nitrogens with one attached hydrogen (secondary N) is 1. The molecule has 2 fully saturated rings. The Bertz CT molecular complexity index is 174. The van der Waals surface area contributed by atoms with Gasteiger partial charge in [-0.15, -0.1) is 0 Å². The third-order valence-electron chi connectivity index (χ3n) is 3.75. The van der Waals surface area contributed by atoms with Crippen LogP contribution in [0.3, 0.4) is 0 Å². The van der Waals surface area contributed by atoms with Crippen LogP contribution in [0, 0.1) is 5.92 Å². The fourth-order valence-corrected chi connectivity index (χ4v) is 2.43. The summed E-state index contributed by atoms with van der Waals surface area (Å²) in [5, 5.41) is 13.6. The van der Waals surface area contributed by atoms with Gasteiger partial charge >= 0.3 is 0 Å². The van der Waals surface area contributed by atoms with Crippen molar-refractivity contribution in [2.24, 2.45) is 11.7 Å². The molecule has 3 heteroatoms. The predicted molar refractivity (Wildman–Crippen MR) is 52.4 cm³/mol. The Morgan fingerprint density at radius 2 is 1.92 bits per heavy atom. The smallest absolute Gasteiger partial charge is 0.0824 e. The van der Waals surface area contributed by atoms with Crippen molar-refractivity contribution in [3.63, 3.8) is 0 Å². The van der Waals surface area contributed by atoms with Gasteiger partial charge in [0, 0.05) is 6.04 Å². The molecule has 1 unspecified atom stereocenters. The predicted octanol–water partition coefficient (Wildman–Crippen LogP) is 0.228. The van der Waals surface area contributed by atoms with Gasteiger partial charge in [0.05, 0.1) is 5.60 Å². The summed E-state index contributed by atoms with van der Waals surface area (Å²) >= 11 is 0. The monoisotopic (exact) mass is 184 g/mol. The average Bonchev–Trinajstić information content (AvgIpc) is 2.02. The molecule has 0 aromatic heterocycles. The number of nitrogens with two attached hydrogens (primary N) is 1. The summed E-state index contributed by atoms with van der Waals surface area (Å²) in [6, 6.07) is 0.0170. The second-order valence-electron chi connectivity index (χ2n) is 4.57. The van der Waals surface area contributed by atoms with E-state index in [0.29, 0.717) is 5.92 Å². The maximum Gasteiger partial charge on any atom is 0.0824 e. The molecule has 0 spiro atoms. The largest absolute Gasteiger partial charge is 0.388 e. The molecule has 4 N–H and O–H groups in total. The number of hydrogen-bond donors (Lipinski definition) is 3. The van der Waals surface area contributed by atoms with Crippen molar-refractivity contribution in [3.05, 3.63) is 0 Å². The molecule has 3 nitrogen and oxygen atoms in total. The normalized spacial score (nSPS) is 30.9. The molecule has 0 aromatic carbocycles. The first kappa shape index (κ1) is 9.44. The lowest BCUT2D eigenvalue weighted by atomic mass is 9.71. The molecular weight excluding hydrogens is 164 g/mol. The van der Waals surface area contributed by atoms with E-state index >= 15 is 0 Å². The summed E-state index contributed by atoms with van der Waals surface area (Å²) in [5.41, 5.74) is 5.54. The van der Waals surface area contributed by atoms with E-state index in [-0.39, 0.29) is 6.04 Å². The summed E-state index contributed by atoms with van der Waals surface area (Å²) in [7, 11) is 0. The second-order valence-corrected chi connectivity index (χ2v) is 4.57. The van der Waals surface area contributed by atoms with Gasteiger partial charge in [0.1, 0.15) is 0 Å². The van der Waals surface area contributed by atoms with Crippen molar-refractivity contribution in [3.8, 4) is 0 Å². The minimum absolute atomic E-state index is 0.0170. The lowest BCUT2D eigenvalue weighted by Crippen LogP contribution is -2.58. The molecular formula is C10H20N2O. The Balaban J connectivity index is 1.94. The van der Waals surface area contributed by atoms with Gasteiger partial charge < -0.3 is 16.2 Å². The number of piperidine rings is 1. The first-order valence-electron chi connectivity index (χ1n) is 5.41. The van der Waals surface area contributed by atoms with Gasteiger partial charge in [0.15, 0.2) is 0 Å². The highest BCUT2D eigenvalue weighted by Crippen LogP contribution is 2.36. The van der Waals surface area contributed by atoms with Gasteiger partial charge in [-0.25, -0.2) is 0 Å². The highest BCUT2D eigenvalue weighted by atomic mass is 16.3. The van der Waals surface area contributed by atoms with Gasteiger partial charge in [-0.3, -0.25) is 0 Å². The lowest BCUT2D eigenvalue weighted by molar-refractivity contribution is -0.0412. The van der Waals surface area contributed by atoms with Crippen LogP contribution in [0.2, 0.25) is 0 Å². The maximum absolute atomic E-state index is 10.3. The zero-order valence-electron chi connectivity index (χ0n) is 8.13. The van der Waals surface area contributed by atoms with E-state index in [1.165, 1.54) is 19.3 Å². The van der Waals surface area contributed by atoms with Crippen LogP contribution in [0.25, 0.3) is 0 Å². The number of hydrogen-bond acceptors (Lipinski definition) is 3. The zero-order chi connectivity index (χ0) is 9.31. The zero-order valence-corrected chi connectivity index (χ0v) is 8.13. The van der Waals surface area contributed by atoms with Crippen molar-refractivity contribution in [1.82, 2.24) is 5.32 Å². The van der Waals surface area contributed by atoms with Crippen molar-refractivity contribution in [2.75, 3.05) is 13.1 Å². The molecule has 2 aliphatic rings. The SMILES string of the molecule is NC(C1CCC1)C1(O)CCNCC1. The van der Waals surface area contributed by atoms with Gasteiger partial charge in [-0.1, -0.05) is 6.42 Å². The van der Waals surface area contributed by atoms with E-state index in [0.717, 1.165) is 25.9 Å². The van der Waals surface area contributed by atoms with E-state index in [9.17, 15) is 5.11 Å².